The van der Waals surface area contributed by atoms with Crippen LogP contribution in [0.2, 0.25) is 0 Å². The molecular formula is C12H12BrN3O. The summed E-state index contributed by atoms with van der Waals surface area (Å²) in [5.74, 6) is 0.292. The Morgan fingerprint density at radius 1 is 1.24 bits per heavy atom. The zero-order valence-corrected chi connectivity index (χ0v) is 10.7. The van der Waals surface area contributed by atoms with Gasteiger partial charge in [0.2, 0.25) is 0 Å². The first-order valence-corrected chi connectivity index (χ1v) is 5.99. The van der Waals surface area contributed by atoms with Crippen LogP contribution in [0.4, 0.5) is 0 Å². The number of phenolic OH excluding ortho intramolecular Hbond substituents is 1. The number of hydrogen-bond donors (Lipinski definition) is 2. The van der Waals surface area contributed by atoms with Crippen LogP contribution in [-0.4, -0.2) is 15.3 Å². The van der Waals surface area contributed by atoms with Crippen LogP contribution in [-0.2, 0) is 13.1 Å². The standard InChI is InChI=1S/C12H12BrN3O/c13-10-3-4-12(17)9(6-10)7-14-8-11-2-1-5-15-16-11/h1-6,14,17H,7-8H2. The first-order valence-electron chi connectivity index (χ1n) is 5.20. The van der Waals surface area contributed by atoms with Crippen molar-refractivity contribution in [1.29, 1.82) is 0 Å². The van der Waals surface area contributed by atoms with Crippen molar-refractivity contribution in [3.63, 3.8) is 0 Å². The third kappa shape index (κ3) is 3.51. The Morgan fingerprint density at radius 2 is 2.12 bits per heavy atom. The molecule has 0 saturated carbocycles. The lowest BCUT2D eigenvalue weighted by atomic mass is 10.2. The number of halogens is 1. The number of aromatic hydroxyl groups is 1. The Bertz CT molecular complexity index is 490. The van der Waals surface area contributed by atoms with Gasteiger partial charge >= 0.3 is 0 Å². The second-order valence-electron chi connectivity index (χ2n) is 3.59. The van der Waals surface area contributed by atoms with Crippen LogP contribution in [0.15, 0.2) is 41.0 Å². The van der Waals surface area contributed by atoms with E-state index < -0.39 is 0 Å². The maximum atomic E-state index is 9.64. The van der Waals surface area contributed by atoms with E-state index in [9.17, 15) is 5.11 Å². The quantitative estimate of drug-likeness (QED) is 0.908. The smallest absolute Gasteiger partial charge is 0.120 e. The Morgan fingerprint density at radius 3 is 2.88 bits per heavy atom. The highest BCUT2D eigenvalue weighted by atomic mass is 79.9. The second kappa shape index (κ2) is 5.75. The van der Waals surface area contributed by atoms with Crippen molar-refractivity contribution < 1.29 is 5.11 Å². The molecular weight excluding hydrogens is 282 g/mol. The highest BCUT2D eigenvalue weighted by Gasteiger charge is 2.01. The zero-order valence-electron chi connectivity index (χ0n) is 9.10. The Balaban J connectivity index is 1.92. The number of nitrogens with one attached hydrogen (secondary N) is 1. The fraction of sp³-hybridized carbons (Fsp3) is 0.167. The lowest BCUT2D eigenvalue weighted by molar-refractivity contribution is 0.464. The molecule has 2 aromatic rings. The zero-order chi connectivity index (χ0) is 12.1. The minimum absolute atomic E-state index is 0.292. The maximum absolute atomic E-state index is 9.64. The van der Waals surface area contributed by atoms with Gasteiger partial charge < -0.3 is 10.4 Å². The van der Waals surface area contributed by atoms with Gasteiger partial charge in [0, 0.05) is 29.3 Å². The Kier molecular flexibility index (Phi) is 4.06. The van der Waals surface area contributed by atoms with Gasteiger partial charge in [-0.25, -0.2) is 0 Å². The molecule has 0 fully saturated rings. The summed E-state index contributed by atoms with van der Waals surface area (Å²) in [7, 11) is 0. The van der Waals surface area contributed by atoms with E-state index in [1.54, 1.807) is 12.3 Å². The molecule has 0 aliphatic heterocycles. The molecule has 0 radical (unpaired) electrons. The molecule has 17 heavy (non-hydrogen) atoms. The van der Waals surface area contributed by atoms with Crippen molar-refractivity contribution in [1.82, 2.24) is 15.5 Å². The van der Waals surface area contributed by atoms with Gasteiger partial charge in [0.1, 0.15) is 5.75 Å². The van der Waals surface area contributed by atoms with E-state index in [1.807, 2.05) is 24.3 Å². The molecule has 1 aromatic carbocycles. The van der Waals surface area contributed by atoms with E-state index in [4.69, 9.17) is 0 Å². The van der Waals surface area contributed by atoms with Crippen molar-refractivity contribution >= 4 is 15.9 Å². The molecule has 1 heterocycles. The van der Waals surface area contributed by atoms with Crippen LogP contribution in [0, 0.1) is 0 Å². The molecule has 0 unspecified atom stereocenters. The van der Waals surface area contributed by atoms with Gasteiger partial charge in [-0.15, -0.1) is 0 Å². The molecule has 0 saturated heterocycles. The van der Waals surface area contributed by atoms with Gasteiger partial charge in [-0.05, 0) is 30.3 Å². The Hall–Kier alpha value is -1.46. The average Bonchev–Trinajstić information content (AvgIpc) is 2.35. The number of benzene rings is 1. The molecule has 1 aromatic heterocycles. The first-order chi connectivity index (χ1) is 8.25. The third-order valence-electron chi connectivity index (χ3n) is 2.29. The van der Waals surface area contributed by atoms with Crippen LogP contribution < -0.4 is 5.32 Å². The number of nitrogens with zero attached hydrogens (tertiary/aromatic N) is 2. The van der Waals surface area contributed by atoms with Gasteiger partial charge in [-0.2, -0.15) is 10.2 Å². The predicted molar refractivity (Wildman–Crippen MR) is 68.4 cm³/mol. The number of rotatable bonds is 4. The molecule has 0 spiro atoms. The van der Waals surface area contributed by atoms with Crippen molar-refractivity contribution in [3.8, 4) is 5.75 Å². The van der Waals surface area contributed by atoms with Crippen LogP contribution >= 0.6 is 15.9 Å². The van der Waals surface area contributed by atoms with E-state index in [2.05, 4.69) is 31.4 Å². The number of aromatic nitrogens is 2. The monoisotopic (exact) mass is 293 g/mol. The number of phenols is 1. The van der Waals surface area contributed by atoms with Gasteiger partial charge in [0.15, 0.2) is 0 Å². The predicted octanol–water partition coefficient (Wildman–Crippen LogP) is 2.23. The first kappa shape index (κ1) is 12.0. The summed E-state index contributed by atoms with van der Waals surface area (Å²) in [5, 5.41) is 20.6. The topological polar surface area (TPSA) is 58.0 Å². The van der Waals surface area contributed by atoms with E-state index in [0.717, 1.165) is 15.7 Å². The SMILES string of the molecule is Oc1ccc(Br)cc1CNCc1cccnn1. The maximum Gasteiger partial charge on any atom is 0.120 e. The van der Waals surface area contributed by atoms with Crippen molar-refractivity contribution in [2.75, 3.05) is 0 Å². The summed E-state index contributed by atoms with van der Waals surface area (Å²) in [6.45, 7) is 1.21. The lowest BCUT2D eigenvalue weighted by Gasteiger charge is -2.06. The summed E-state index contributed by atoms with van der Waals surface area (Å²) < 4.78 is 0.951. The second-order valence-corrected chi connectivity index (χ2v) is 4.51. The Labute approximate surface area is 108 Å². The van der Waals surface area contributed by atoms with Crippen LogP contribution in [0.3, 0.4) is 0 Å². The van der Waals surface area contributed by atoms with E-state index in [1.165, 1.54) is 0 Å². The molecule has 0 atom stereocenters. The summed E-state index contributed by atoms with van der Waals surface area (Å²) in [6.07, 6.45) is 1.64. The van der Waals surface area contributed by atoms with E-state index in [0.29, 0.717) is 18.8 Å². The van der Waals surface area contributed by atoms with Gasteiger partial charge in [-0.3, -0.25) is 0 Å². The molecule has 0 aliphatic carbocycles. The molecule has 2 N–H and O–H groups in total. The summed E-state index contributed by atoms with van der Waals surface area (Å²) in [5.41, 5.74) is 1.73. The molecule has 88 valence electrons. The molecule has 4 nitrogen and oxygen atoms in total. The summed E-state index contributed by atoms with van der Waals surface area (Å²) in [6, 6.07) is 9.12. The van der Waals surface area contributed by atoms with E-state index >= 15 is 0 Å². The molecule has 5 heteroatoms. The van der Waals surface area contributed by atoms with Crippen LogP contribution in [0.25, 0.3) is 0 Å². The van der Waals surface area contributed by atoms with E-state index in [-0.39, 0.29) is 0 Å². The minimum atomic E-state index is 0.292. The molecule has 0 amide bonds. The highest BCUT2D eigenvalue weighted by Crippen LogP contribution is 2.21. The van der Waals surface area contributed by atoms with Crippen molar-refractivity contribution in [2.45, 2.75) is 13.1 Å². The van der Waals surface area contributed by atoms with Gasteiger partial charge in [0.05, 0.1) is 5.69 Å². The average molecular weight is 294 g/mol. The number of hydrogen-bond acceptors (Lipinski definition) is 4. The minimum Gasteiger partial charge on any atom is -0.508 e. The third-order valence-corrected chi connectivity index (χ3v) is 2.78. The van der Waals surface area contributed by atoms with Crippen LogP contribution in [0.1, 0.15) is 11.3 Å². The highest BCUT2D eigenvalue weighted by molar-refractivity contribution is 9.10. The molecule has 2 rings (SSSR count). The normalized spacial score (nSPS) is 10.4. The summed E-state index contributed by atoms with van der Waals surface area (Å²) >= 11 is 3.37. The van der Waals surface area contributed by atoms with Crippen molar-refractivity contribution in [2.24, 2.45) is 0 Å². The fourth-order valence-corrected chi connectivity index (χ4v) is 1.86. The summed E-state index contributed by atoms with van der Waals surface area (Å²) in [4.78, 5) is 0. The van der Waals surface area contributed by atoms with Crippen LogP contribution in [0.5, 0.6) is 5.75 Å². The van der Waals surface area contributed by atoms with Gasteiger partial charge in [-0.1, -0.05) is 15.9 Å². The molecule has 0 aliphatic rings. The molecule has 0 bridgehead atoms. The van der Waals surface area contributed by atoms with Gasteiger partial charge in [0.25, 0.3) is 0 Å². The fourth-order valence-electron chi connectivity index (χ4n) is 1.45. The lowest BCUT2D eigenvalue weighted by Crippen LogP contribution is -2.14. The largest absolute Gasteiger partial charge is 0.508 e. The van der Waals surface area contributed by atoms with Crippen molar-refractivity contribution in [3.05, 3.63) is 52.3 Å².